The van der Waals surface area contributed by atoms with Gasteiger partial charge in [0, 0.05) is 34.6 Å². The Morgan fingerprint density at radius 2 is 2.00 bits per heavy atom. The first-order chi connectivity index (χ1) is 15.3. The van der Waals surface area contributed by atoms with Crippen LogP contribution in [-0.2, 0) is 14.3 Å². The number of methoxy groups -OCH3 is 1. The van der Waals surface area contributed by atoms with Crippen LogP contribution in [0.3, 0.4) is 0 Å². The Kier molecular flexibility index (Phi) is 4.81. The number of carbonyl (C=O) groups is 2. The maximum absolute atomic E-state index is 13.1. The van der Waals surface area contributed by atoms with Crippen LogP contribution in [0, 0.1) is 0 Å². The van der Waals surface area contributed by atoms with Gasteiger partial charge >= 0.3 is 11.6 Å². The topological polar surface area (TPSA) is 102 Å². The van der Waals surface area contributed by atoms with Gasteiger partial charge < -0.3 is 18.9 Å². The first-order valence-electron chi connectivity index (χ1n) is 10.3. The summed E-state index contributed by atoms with van der Waals surface area (Å²) in [7, 11) is 1.32. The summed E-state index contributed by atoms with van der Waals surface area (Å²) in [6, 6.07) is 6.17. The Balaban J connectivity index is 1.55. The predicted octanol–water partition coefficient (Wildman–Crippen LogP) is 3.81. The van der Waals surface area contributed by atoms with Crippen molar-refractivity contribution in [1.82, 2.24) is 4.90 Å². The van der Waals surface area contributed by atoms with Crippen LogP contribution in [0.2, 0.25) is 0 Å². The molecule has 0 spiro atoms. The van der Waals surface area contributed by atoms with Crippen LogP contribution >= 0.6 is 11.8 Å². The van der Waals surface area contributed by atoms with Gasteiger partial charge in [-0.3, -0.25) is 9.69 Å². The average molecular weight is 455 g/mol. The number of thioether (sulfide) groups is 1. The van der Waals surface area contributed by atoms with E-state index in [1.807, 2.05) is 26.8 Å². The third kappa shape index (κ3) is 3.02. The molecule has 5 rings (SSSR count). The summed E-state index contributed by atoms with van der Waals surface area (Å²) in [5, 5.41) is 4.75. The highest BCUT2D eigenvalue weighted by Crippen LogP contribution is 2.44. The Bertz CT molecular complexity index is 1370. The normalized spacial score (nSPS) is 20.7. The number of nitrogens with zero attached hydrogens (tertiary/aromatic N) is 1. The molecule has 8 nitrogen and oxygen atoms in total. The largest absolute Gasteiger partial charge is 0.464 e. The van der Waals surface area contributed by atoms with E-state index in [1.165, 1.54) is 18.1 Å². The van der Waals surface area contributed by atoms with Crippen molar-refractivity contribution < 1.29 is 23.2 Å². The summed E-state index contributed by atoms with van der Waals surface area (Å²) in [6.07, 6.45) is 0. The maximum atomic E-state index is 13.1. The molecule has 0 unspecified atom stereocenters. The molecular formula is C23H22N2O6S. The zero-order valence-corrected chi connectivity index (χ0v) is 18.9. The third-order valence-corrected chi connectivity index (χ3v) is 7.24. The number of benzene rings is 1. The second kappa shape index (κ2) is 7.44. The molecule has 166 valence electrons. The fourth-order valence-electron chi connectivity index (χ4n) is 4.25. The van der Waals surface area contributed by atoms with Crippen molar-refractivity contribution in [3.05, 3.63) is 51.7 Å². The zero-order chi connectivity index (χ0) is 22.7. The van der Waals surface area contributed by atoms with Crippen LogP contribution < -0.4 is 10.9 Å². The van der Waals surface area contributed by atoms with Gasteiger partial charge in [-0.25, -0.2) is 9.59 Å². The van der Waals surface area contributed by atoms with Crippen molar-refractivity contribution in [1.29, 1.82) is 0 Å². The van der Waals surface area contributed by atoms with E-state index < -0.39 is 17.6 Å². The van der Waals surface area contributed by atoms with Gasteiger partial charge in [-0.1, -0.05) is 13.8 Å². The number of amides is 1. The lowest BCUT2D eigenvalue weighted by atomic mass is 10.0. The zero-order valence-electron chi connectivity index (χ0n) is 18.1. The Morgan fingerprint density at radius 3 is 2.72 bits per heavy atom. The number of fused-ring (bicyclic) bond motifs is 3. The van der Waals surface area contributed by atoms with Crippen molar-refractivity contribution in [2.45, 2.75) is 38.1 Å². The Hall–Kier alpha value is -3.20. The van der Waals surface area contributed by atoms with E-state index in [2.05, 4.69) is 5.32 Å². The molecule has 1 aromatic carbocycles. The third-order valence-electron chi connectivity index (χ3n) is 5.82. The molecule has 3 aromatic rings. The summed E-state index contributed by atoms with van der Waals surface area (Å²) in [5.41, 5.74) is 2.50. The van der Waals surface area contributed by atoms with Gasteiger partial charge in [-0.05, 0) is 24.6 Å². The van der Waals surface area contributed by atoms with Crippen molar-refractivity contribution in [2.24, 2.45) is 0 Å². The first-order valence-corrected chi connectivity index (χ1v) is 11.3. The molecule has 2 atom stereocenters. The van der Waals surface area contributed by atoms with Crippen molar-refractivity contribution in [3.8, 4) is 0 Å². The molecule has 4 heterocycles. The summed E-state index contributed by atoms with van der Waals surface area (Å²) < 4.78 is 16.3. The second-order valence-corrected chi connectivity index (χ2v) is 9.39. The Labute approximate surface area is 187 Å². The number of furan rings is 1. The molecule has 9 heteroatoms. The number of ether oxygens (including phenoxy) is 1. The quantitative estimate of drug-likeness (QED) is 0.361. The van der Waals surface area contributed by atoms with Gasteiger partial charge in [0.1, 0.15) is 34.0 Å². The molecule has 1 fully saturated rings. The maximum Gasteiger partial charge on any atom is 0.354 e. The molecule has 2 aliphatic rings. The average Bonchev–Trinajstić information content (AvgIpc) is 3.12. The fourth-order valence-corrected chi connectivity index (χ4v) is 5.54. The highest BCUT2D eigenvalue weighted by Gasteiger charge is 2.53. The highest BCUT2D eigenvalue weighted by atomic mass is 32.2. The van der Waals surface area contributed by atoms with E-state index in [4.69, 9.17) is 13.6 Å². The van der Waals surface area contributed by atoms with Crippen LogP contribution in [0.5, 0.6) is 0 Å². The molecular weight excluding hydrogens is 432 g/mol. The van der Waals surface area contributed by atoms with E-state index >= 15 is 0 Å². The van der Waals surface area contributed by atoms with Gasteiger partial charge in [0.15, 0.2) is 0 Å². The summed E-state index contributed by atoms with van der Waals surface area (Å²) >= 11 is 1.61. The van der Waals surface area contributed by atoms with Crippen LogP contribution in [-0.4, -0.2) is 41.1 Å². The number of hydrogen-bond donors (Lipinski definition) is 1. The minimum absolute atomic E-state index is 0.0538. The molecule has 0 bridgehead atoms. The van der Waals surface area contributed by atoms with E-state index in [-0.39, 0.29) is 17.2 Å². The number of carbonyl (C=O) groups excluding carboxylic acids is 2. The van der Waals surface area contributed by atoms with E-state index in [0.717, 1.165) is 22.0 Å². The molecule has 2 aliphatic heterocycles. The number of anilines is 1. The molecule has 1 N–H and O–H groups in total. The number of β-lactam (4-membered cyclic amide) rings is 1. The van der Waals surface area contributed by atoms with Crippen molar-refractivity contribution in [2.75, 3.05) is 18.2 Å². The molecule has 2 aromatic heterocycles. The molecule has 32 heavy (non-hydrogen) atoms. The molecule has 0 saturated carbocycles. The number of esters is 1. The van der Waals surface area contributed by atoms with Gasteiger partial charge in [-0.15, -0.1) is 11.8 Å². The highest BCUT2D eigenvalue weighted by molar-refractivity contribution is 8.00. The van der Waals surface area contributed by atoms with Crippen LogP contribution in [0.25, 0.3) is 21.9 Å². The predicted molar refractivity (Wildman–Crippen MR) is 122 cm³/mol. The van der Waals surface area contributed by atoms with Gasteiger partial charge in [0.25, 0.3) is 5.91 Å². The standard InChI is InChI=1S/C23H22N2O6S/c1-10(2)20-17(13-7-12-5-6-16(26)30-14(12)8-15(13)31-20)24-18-21(27)25-19(23(28)29-4)11(3)9-32-22(18)25/h5-8,10,18,22,24H,9H2,1-4H3/t18-,22-/m1/s1. The van der Waals surface area contributed by atoms with Crippen LogP contribution in [0.1, 0.15) is 32.4 Å². The van der Waals surface area contributed by atoms with E-state index in [1.54, 1.807) is 23.9 Å². The second-order valence-electron chi connectivity index (χ2n) is 8.29. The smallest absolute Gasteiger partial charge is 0.354 e. The van der Waals surface area contributed by atoms with E-state index in [9.17, 15) is 14.4 Å². The van der Waals surface area contributed by atoms with Crippen molar-refractivity contribution in [3.63, 3.8) is 0 Å². The lowest BCUT2D eigenvalue weighted by Crippen LogP contribution is -2.67. The Morgan fingerprint density at radius 1 is 1.22 bits per heavy atom. The molecule has 1 amide bonds. The molecule has 0 radical (unpaired) electrons. The van der Waals surface area contributed by atoms with Crippen LogP contribution in [0.15, 0.2) is 49.2 Å². The van der Waals surface area contributed by atoms with Gasteiger partial charge in [0.05, 0.1) is 12.8 Å². The fraction of sp³-hybridized carbons (Fsp3) is 0.348. The van der Waals surface area contributed by atoms with Crippen LogP contribution in [0.4, 0.5) is 5.69 Å². The number of hydrogen-bond acceptors (Lipinski definition) is 8. The molecule has 0 aliphatic carbocycles. The summed E-state index contributed by atoms with van der Waals surface area (Å²) in [4.78, 5) is 38.5. The van der Waals surface area contributed by atoms with E-state index in [0.29, 0.717) is 28.4 Å². The monoisotopic (exact) mass is 454 g/mol. The summed E-state index contributed by atoms with van der Waals surface area (Å²) in [6.45, 7) is 5.86. The first kappa shape index (κ1) is 20.7. The molecule has 1 saturated heterocycles. The number of nitrogens with one attached hydrogen (secondary N) is 1. The minimum Gasteiger partial charge on any atom is -0.464 e. The lowest BCUT2D eigenvalue weighted by molar-refractivity contribution is -0.148. The lowest BCUT2D eigenvalue weighted by Gasteiger charge is -2.49. The summed E-state index contributed by atoms with van der Waals surface area (Å²) in [5.74, 6) is 0.730. The van der Waals surface area contributed by atoms with Gasteiger partial charge in [0.2, 0.25) is 0 Å². The number of rotatable bonds is 4. The minimum atomic E-state index is -0.504. The SMILES string of the molecule is COC(=O)C1=C(C)CS[C@@H]2[C@H](Nc3c(C(C)C)oc4cc5oc(=O)ccc5cc34)C(=O)N12. The van der Waals surface area contributed by atoms with Crippen molar-refractivity contribution >= 4 is 51.3 Å². The van der Waals surface area contributed by atoms with Gasteiger partial charge in [-0.2, -0.15) is 0 Å².